The first-order chi connectivity index (χ1) is 9.05. The summed E-state index contributed by atoms with van der Waals surface area (Å²) in [6, 6.07) is 8.51. The van der Waals surface area contributed by atoms with Crippen LogP contribution in [0.15, 0.2) is 35.7 Å². The summed E-state index contributed by atoms with van der Waals surface area (Å²) in [6.07, 6.45) is 0. The molecule has 1 aromatic carbocycles. The molecule has 0 saturated heterocycles. The summed E-state index contributed by atoms with van der Waals surface area (Å²) in [7, 11) is 0. The molecule has 0 radical (unpaired) electrons. The van der Waals surface area contributed by atoms with Crippen molar-refractivity contribution in [2.24, 2.45) is 0 Å². The summed E-state index contributed by atoms with van der Waals surface area (Å²) < 4.78 is 13.2. The van der Waals surface area contributed by atoms with E-state index in [2.05, 4.69) is 5.32 Å². The Morgan fingerprint density at radius 1 is 1.42 bits per heavy atom. The number of benzene rings is 1. The van der Waals surface area contributed by atoms with Gasteiger partial charge in [0.15, 0.2) is 0 Å². The van der Waals surface area contributed by atoms with Crippen molar-refractivity contribution in [2.75, 3.05) is 6.61 Å². The van der Waals surface area contributed by atoms with Crippen LogP contribution in [-0.2, 0) is 12.1 Å². The minimum atomic E-state index is -0.651. The fourth-order valence-electron chi connectivity index (χ4n) is 1.78. The number of aliphatic hydroxyl groups is 1. The maximum Gasteiger partial charge on any atom is 0.141 e. The molecule has 1 atom stereocenters. The molecule has 0 aliphatic heterocycles. The Labute approximate surface area is 120 Å². The fraction of sp³-hybridized carbons (Fsp3) is 0.286. The predicted molar refractivity (Wildman–Crippen MR) is 77.0 cm³/mol. The van der Waals surface area contributed by atoms with Crippen molar-refractivity contribution >= 4 is 22.9 Å². The Bertz CT molecular complexity index is 546. The lowest BCUT2D eigenvalue weighted by atomic mass is 9.93. The van der Waals surface area contributed by atoms with E-state index in [0.29, 0.717) is 6.54 Å². The minimum absolute atomic E-state index is 0.0649. The number of nitrogens with one attached hydrogen (secondary N) is 1. The van der Waals surface area contributed by atoms with E-state index in [1.54, 1.807) is 23.5 Å². The van der Waals surface area contributed by atoms with Crippen LogP contribution >= 0.6 is 22.9 Å². The maximum atomic E-state index is 13.2. The third kappa shape index (κ3) is 3.34. The third-order valence-electron chi connectivity index (χ3n) is 3.11. The van der Waals surface area contributed by atoms with Gasteiger partial charge in [0.1, 0.15) is 5.82 Å². The van der Waals surface area contributed by atoms with E-state index >= 15 is 0 Å². The van der Waals surface area contributed by atoms with Crippen LogP contribution in [0, 0.1) is 5.82 Å². The largest absolute Gasteiger partial charge is 0.394 e. The summed E-state index contributed by atoms with van der Waals surface area (Å²) in [5.74, 6) is -0.455. The van der Waals surface area contributed by atoms with Crippen molar-refractivity contribution in [3.05, 3.63) is 57.0 Å². The highest BCUT2D eigenvalue weighted by molar-refractivity contribution is 7.09. The highest BCUT2D eigenvalue weighted by atomic mass is 35.5. The Hall–Kier alpha value is -0.940. The molecule has 0 aliphatic rings. The lowest BCUT2D eigenvalue weighted by molar-refractivity contribution is 0.174. The van der Waals surface area contributed by atoms with Gasteiger partial charge in [0, 0.05) is 11.4 Å². The lowest BCUT2D eigenvalue weighted by Crippen LogP contribution is -2.42. The van der Waals surface area contributed by atoms with Crippen molar-refractivity contribution in [3.8, 4) is 0 Å². The predicted octanol–water partition coefficient (Wildman–Crippen LogP) is 3.54. The molecule has 19 heavy (non-hydrogen) atoms. The number of rotatable bonds is 5. The lowest BCUT2D eigenvalue weighted by Gasteiger charge is -2.29. The molecule has 1 heterocycles. The number of halogens is 2. The van der Waals surface area contributed by atoms with Crippen LogP contribution in [0.1, 0.15) is 17.4 Å². The van der Waals surface area contributed by atoms with E-state index in [0.717, 1.165) is 5.56 Å². The zero-order valence-electron chi connectivity index (χ0n) is 10.5. The van der Waals surface area contributed by atoms with Gasteiger partial charge in [-0.1, -0.05) is 23.7 Å². The van der Waals surface area contributed by atoms with Crippen LogP contribution in [0.5, 0.6) is 0 Å². The van der Waals surface area contributed by atoms with Gasteiger partial charge in [-0.2, -0.15) is 0 Å². The van der Waals surface area contributed by atoms with Gasteiger partial charge < -0.3 is 10.4 Å². The van der Waals surface area contributed by atoms with Crippen LogP contribution in [-0.4, -0.2) is 11.7 Å². The molecule has 2 aromatic rings. The number of aliphatic hydroxyl groups excluding tert-OH is 1. The van der Waals surface area contributed by atoms with Crippen molar-refractivity contribution in [1.82, 2.24) is 5.32 Å². The van der Waals surface area contributed by atoms with Crippen LogP contribution in [0.4, 0.5) is 4.39 Å². The van der Waals surface area contributed by atoms with Crippen molar-refractivity contribution in [1.29, 1.82) is 0 Å². The van der Waals surface area contributed by atoms with Gasteiger partial charge in [0.25, 0.3) is 0 Å². The second-order valence-corrected chi connectivity index (χ2v) is 5.99. The van der Waals surface area contributed by atoms with E-state index in [4.69, 9.17) is 11.6 Å². The molecule has 102 valence electrons. The van der Waals surface area contributed by atoms with Gasteiger partial charge >= 0.3 is 0 Å². The normalized spacial score (nSPS) is 14.3. The van der Waals surface area contributed by atoms with Crippen molar-refractivity contribution in [3.63, 3.8) is 0 Å². The van der Waals surface area contributed by atoms with Gasteiger partial charge in [-0.05, 0) is 36.1 Å². The van der Waals surface area contributed by atoms with E-state index in [1.165, 1.54) is 10.9 Å². The van der Waals surface area contributed by atoms with Crippen LogP contribution in [0.3, 0.4) is 0 Å². The monoisotopic (exact) mass is 299 g/mol. The first-order valence-corrected chi connectivity index (χ1v) is 7.15. The quantitative estimate of drug-likeness (QED) is 0.885. The van der Waals surface area contributed by atoms with E-state index in [1.807, 2.05) is 24.4 Å². The second-order valence-electron chi connectivity index (χ2n) is 4.55. The Morgan fingerprint density at radius 2 is 2.21 bits per heavy atom. The molecule has 0 saturated carbocycles. The molecule has 1 unspecified atom stereocenters. The smallest absolute Gasteiger partial charge is 0.141 e. The zero-order valence-corrected chi connectivity index (χ0v) is 12.1. The summed E-state index contributed by atoms with van der Waals surface area (Å²) in [5, 5.41) is 15.0. The Kier molecular flexibility index (Phi) is 4.58. The molecule has 0 fully saturated rings. The standard InChI is InChI=1S/C14H15ClFNOS/c1-14(9-18,17-8-11-3-2-6-19-11)10-4-5-13(16)12(15)7-10/h2-7,17-18H,8-9H2,1H3. The average Bonchev–Trinajstić information content (AvgIpc) is 2.92. The van der Waals surface area contributed by atoms with Gasteiger partial charge in [-0.3, -0.25) is 0 Å². The molecule has 0 aliphatic carbocycles. The van der Waals surface area contributed by atoms with Gasteiger partial charge in [0.2, 0.25) is 0 Å². The van der Waals surface area contributed by atoms with Crippen molar-refractivity contribution in [2.45, 2.75) is 19.0 Å². The molecule has 1 aromatic heterocycles. The van der Waals surface area contributed by atoms with Crippen LogP contribution < -0.4 is 5.32 Å². The summed E-state index contributed by atoms with van der Waals surface area (Å²) in [5.41, 5.74) is 0.111. The number of hydrogen-bond acceptors (Lipinski definition) is 3. The molecule has 0 amide bonds. The maximum absolute atomic E-state index is 13.2. The number of hydrogen-bond donors (Lipinski definition) is 2. The van der Waals surface area contributed by atoms with E-state index < -0.39 is 11.4 Å². The first kappa shape index (κ1) is 14.5. The Morgan fingerprint density at radius 3 is 2.79 bits per heavy atom. The van der Waals surface area contributed by atoms with Crippen LogP contribution in [0.25, 0.3) is 0 Å². The molecular weight excluding hydrogens is 285 g/mol. The topological polar surface area (TPSA) is 32.3 Å². The number of thiophene rings is 1. The molecule has 2 nitrogen and oxygen atoms in total. The molecule has 0 bridgehead atoms. The van der Waals surface area contributed by atoms with E-state index in [9.17, 15) is 9.50 Å². The molecule has 5 heteroatoms. The van der Waals surface area contributed by atoms with Gasteiger partial charge in [0.05, 0.1) is 17.2 Å². The third-order valence-corrected chi connectivity index (χ3v) is 4.27. The highest BCUT2D eigenvalue weighted by Gasteiger charge is 2.26. The SMILES string of the molecule is CC(CO)(NCc1cccs1)c1ccc(F)c(Cl)c1. The minimum Gasteiger partial charge on any atom is -0.394 e. The average molecular weight is 300 g/mol. The first-order valence-electron chi connectivity index (χ1n) is 5.89. The molecule has 2 N–H and O–H groups in total. The second kappa shape index (κ2) is 6.01. The van der Waals surface area contributed by atoms with Crippen LogP contribution in [0.2, 0.25) is 5.02 Å². The molecule has 0 spiro atoms. The van der Waals surface area contributed by atoms with E-state index in [-0.39, 0.29) is 11.6 Å². The summed E-state index contributed by atoms with van der Waals surface area (Å²) >= 11 is 7.44. The summed E-state index contributed by atoms with van der Waals surface area (Å²) in [6.45, 7) is 2.41. The van der Waals surface area contributed by atoms with Crippen molar-refractivity contribution < 1.29 is 9.50 Å². The fourth-order valence-corrected chi connectivity index (χ4v) is 2.61. The summed E-state index contributed by atoms with van der Waals surface area (Å²) in [4.78, 5) is 1.17. The zero-order chi connectivity index (χ0) is 13.9. The van der Waals surface area contributed by atoms with Gasteiger partial charge in [-0.15, -0.1) is 11.3 Å². The highest BCUT2D eigenvalue weighted by Crippen LogP contribution is 2.26. The van der Waals surface area contributed by atoms with Gasteiger partial charge in [-0.25, -0.2) is 4.39 Å². The molecule has 2 rings (SSSR count). The Balaban J connectivity index is 2.18. The molecular formula is C14H15ClFNOS.